The smallest absolute Gasteiger partial charge is 0.162 e. The highest BCUT2D eigenvalue weighted by Gasteiger charge is 2.24. The fourth-order valence-corrected chi connectivity index (χ4v) is 3.69. The van der Waals surface area contributed by atoms with Crippen molar-refractivity contribution in [3.63, 3.8) is 0 Å². The average molecular weight is 337 g/mol. The average Bonchev–Trinajstić information content (AvgIpc) is 3.08. The lowest BCUT2D eigenvalue weighted by Crippen LogP contribution is -2.34. The van der Waals surface area contributed by atoms with Gasteiger partial charge in [0.1, 0.15) is 5.82 Å². The van der Waals surface area contributed by atoms with Crippen LogP contribution in [0, 0.1) is 0 Å². The number of methoxy groups -OCH3 is 1. The summed E-state index contributed by atoms with van der Waals surface area (Å²) in [6.07, 6.45) is 2.27. The maximum atomic E-state index is 10.3. The summed E-state index contributed by atoms with van der Waals surface area (Å²) in [6, 6.07) is 13.8. The van der Waals surface area contributed by atoms with E-state index in [1.807, 2.05) is 30.3 Å². The third-order valence-corrected chi connectivity index (χ3v) is 5.00. The molecule has 2 heterocycles. The first kappa shape index (κ1) is 16.0. The Morgan fingerprint density at radius 1 is 1.24 bits per heavy atom. The summed E-state index contributed by atoms with van der Waals surface area (Å²) in [5.41, 5.74) is 3.03. The van der Waals surface area contributed by atoms with Crippen molar-refractivity contribution in [3.05, 3.63) is 53.9 Å². The van der Waals surface area contributed by atoms with Crippen LogP contribution in [-0.2, 0) is 6.54 Å². The zero-order chi connectivity index (χ0) is 17.2. The van der Waals surface area contributed by atoms with Crippen molar-refractivity contribution in [1.29, 1.82) is 0 Å². The molecule has 1 atom stereocenters. The molecule has 0 unspecified atom stereocenters. The zero-order valence-corrected chi connectivity index (χ0v) is 14.4. The number of aromatic amines is 1. The van der Waals surface area contributed by atoms with Crippen LogP contribution < -0.4 is 4.74 Å². The van der Waals surface area contributed by atoms with Crippen molar-refractivity contribution in [2.24, 2.45) is 0 Å². The highest BCUT2D eigenvalue weighted by atomic mass is 16.5. The highest BCUT2D eigenvalue weighted by molar-refractivity contribution is 5.74. The second-order valence-electron chi connectivity index (χ2n) is 6.68. The molecule has 0 amide bonds. The standard InChI is InChI=1S/C20H23N3O2/c1-25-18-10-4-6-14(19(18)24)12-23-11-5-7-15(13-23)20-21-16-8-2-3-9-17(16)22-20/h2-4,6,8-10,15,24H,5,7,11-13H2,1H3,(H,21,22)/t15-/m1/s1. The summed E-state index contributed by atoms with van der Waals surface area (Å²) >= 11 is 0. The topological polar surface area (TPSA) is 61.4 Å². The molecule has 5 heteroatoms. The Morgan fingerprint density at radius 3 is 2.96 bits per heavy atom. The number of hydrogen-bond donors (Lipinski definition) is 2. The molecule has 1 saturated heterocycles. The number of likely N-dealkylation sites (tertiary alicyclic amines) is 1. The van der Waals surface area contributed by atoms with E-state index < -0.39 is 0 Å². The van der Waals surface area contributed by atoms with E-state index in [-0.39, 0.29) is 5.75 Å². The number of para-hydroxylation sites is 3. The fourth-order valence-electron chi connectivity index (χ4n) is 3.69. The molecule has 0 aliphatic carbocycles. The first-order chi connectivity index (χ1) is 12.2. The van der Waals surface area contributed by atoms with Gasteiger partial charge in [-0.1, -0.05) is 24.3 Å². The maximum absolute atomic E-state index is 10.3. The fraction of sp³-hybridized carbons (Fsp3) is 0.350. The third kappa shape index (κ3) is 3.20. The van der Waals surface area contributed by atoms with Gasteiger partial charge in [-0.2, -0.15) is 0 Å². The lowest BCUT2D eigenvalue weighted by molar-refractivity contribution is 0.195. The number of phenolic OH excluding ortho intramolecular Hbond substituents is 1. The first-order valence-corrected chi connectivity index (χ1v) is 8.76. The van der Waals surface area contributed by atoms with E-state index in [1.165, 1.54) is 0 Å². The number of aromatic nitrogens is 2. The zero-order valence-electron chi connectivity index (χ0n) is 14.4. The summed E-state index contributed by atoms with van der Waals surface area (Å²) in [5.74, 6) is 2.24. The summed E-state index contributed by atoms with van der Waals surface area (Å²) in [7, 11) is 1.58. The number of imidazole rings is 1. The summed E-state index contributed by atoms with van der Waals surface area (Å²) in [6.45, 7) is 2.70. The van der Waals surface area contributed by atoms with Crippen molar-refractivity contribution >= 4 is 11.0 Å². The van der Waals surface area contributed by atoms with E-state index in [0.717, 1.165) is 54.9 Å². The van der Waals surface area contributed by atoms with Gasteiger partial charge < -0.3 is 14.8 Å². The maximum Gasteiger partial charge on any atom is 0.162 e. The summed E-state index contributed by atoms with van der Waals surface area (Å²) in [4.78, 5) is 10.6. The molecule has 2 aromatic carbocycles. The largest absolute Gasteiger partial charge is 0.504 e. The predicted octanol–water partition coefficient (Wildman–Crippen LogP) is 3.66. The van der Waals surface area contributed by atoms with E-state index in [0.29, 0.717) is 11.7 Å². The molecule has 0 spiro atoms. The Bertz CT molecular complexity index is 841. The Labute approximate surface area is 147 Å². The van der Waals surface area contributed by atoms with Gasteiger partial charge in [0.2, 0.25) is 0 Å². The van der Waals surface area contributed by atoms with Gasteiger partial charge in [0.05, 0.1) is 18.1 Å². The number of ether oxygens (including phenoxy) is 1. The second kappa shape index (κ2) is 6.76. The molecule has 3 aromatic rings. The Balaban J connectivity index is 1.51. The molecular formula is C20H23N3O2. The second-order valence-corrected chi connectivity index (χ2v) is 6.68. The van der Waals surface area contributed by atoms with Gasteiger partial charge >= 0.3 is 0 Å². The van der Waals surface area contributed by atoms with Crippen LogP contribution in [0.5, 0.6) is 11.5 Å². The Morgan fingerprint density at radius 2 is 2.12 bits per heavy atom. The van der Waals surface area contributed by atoms with Crippen LogP contribution in [0.1, 0.15) is 30.1 Å². The minimum atomic E-state index is 0.246. The van der Waals surface area contributed by atoms with Crippen LogP contribution >= 0.6 is 0 Å². The van der Waals surface area contributed by atoms with E-state index in [1.54, 1.807) is 13.2 Å². The van der Waals surface area contributed by atoms with E-state index >= 15 is 0 Å². The van der Waals surface area contributed by atoms with Crippen molar-refractivity contribution in [2.75, 3.05) is 20.2 Å². The first-order valence-electron chi connectivity index (χ1n) is 8.76. The minimum absolute atomic E-state index is 0.246. The lowest BCUT2D eigenvalue weighted by Gasteiger charge is -2.32. The molecule has 1 aliphatic heterocycles. The van der Waals surface area contributed by atoms with E-state index in [2.05, 4.69) is 16.0 Å². The molecule has 0 saturated carbocycles. The Hall–Kier alpha value is -2.53. The normalized spacial score (nSPS) is 18.5. The minimum Gasteiger partial charge on any atom is -0.504 e. The van der Waals surface area contributed by atoms with Gasteiger partial charge in [-0.05, 0) is 37.6 Å². The van der Waals surface area contributed by atoms with Gasteiger partial charge in [0.25, 0.3) is 0 Å². The van der Waals surface area contributed by atoms with E-state index in [9.17, 15) is 5.11 Å². The van der Waals surface area contributed by atoms with Crippen LogP contribution in [-0.4, -0.2) is 40.2 Å². The monoisotopic (exact) mass is 337 g/mol. The summed E-state index contributed by atoms with van der Waals surface area (Å²) < 4.78 is 5.22. The number of fused-ring (bicyclic) bond motifs is 1. The molecule has 4 rings (SSSR count). The van der Waals surface area contributed by atoms with Gasteiger partial charge in [0.15, 0.2) is 11.5 Å². The highest BCUT2D eigenvalue weighted by Crippen LogP contribution is 2.32. The van der Waals surface area contributed by atoms with Crippen LogP contribution in [0.2, 0.25) is 0 Å². The van der Waals surface area contributed by atoms with Crippen LogP contribution in [0.15, 0.2) is 42.5 Å². The molecule has 5 nitrogen and oxygen atoms in total. The van der Waals surface area contributed by atoms with Crippen molar-refractivity contribution in [3.8, 4) is 11.5 Å². The number of piperidine rings is 1. The van der Waals surface area contributed by atoms with Crippen LogP contribution in [0.3, 0.4) is 0 Å². The number of H-pyrrole nitrogens is 1. The van der Waals surface area contributed by atoms with Gasteiger partial charge in [0, 0.05) is 24.6 Å². The number of rotatable bonds is 4. The number of benzene rings is 2. The molecule has 25 heavy (non-hydrogen) atoms. The number of aromatic hydroxyl groups is 1. The molecule has 2 N–H and O–H groups in total. The van der Waals surface area contributed by atoms with Gasteiger partial charge in [-0.25, -0.2) is 4.98 Å². The van der Waals surface area contributed by atoms with Crippen molar-refractivity contribution in [2.45, 2.75) is 25.3 Å². The quantitative estimate of drug-likeness (QED) is 0.763. The van der Waals surface area contributed by atoms with Crippen molar-refractivity contribution < 1.29 is 9.84 Å². The predicted molar refractivity (Wildman–Crippen MR) is 98.0 cm³/mol. The number of phenols is 1. The van der Waals surface area contributed by atoms with Gasteiger partial charge in [-0.15, -0.1) is 0 Å². The van der Waals surface area contributed by atoms with Crippen LogP contribution in [0.4, 0.5) is 0 Å². The third-order valence-electron chi connectivity index (χ3n) is 5.00. The molecule has 1 fully saturated rings. The van der Waals surface area contributed by atoms with Crippen molar-refractivity contribution in [1.82, 2.24) is 14.9 Å². The van der Waals surface area contributed by atoms with Gasteiger partial charge in [-0.3, -0.25) is 4.90 Å². The number of nitrogens with one attached hydrogen (secondary N) is 1. The molecule has 0 radical (unpaired) electrons. The van der Waals surface area contributed by atoms with Crippen LogP contribution in [0.25, 0.3) is 11.0 Å². The molecular weight excluding hydrogens is 314 g/mol. The number of hydrogen-bond acceptors (Lipinski definition) is 4. The summed E-state index contributed by atoms with van der Waals surface area (Å²) in [5, 5.41) is 10.3. The molecule has 1 aliphatic rings. The molecule has 130 valence electrons. The molecule has 0 bridgehead atoms. The molecule has 1 aromatic heterocycles. The lowest BCUT2D eigenvalue weighted by atomic mass is 9.97. The Kier molecular flexibility index (Phi) is 4.32. The number of nitrogens with zero attached hydrogens (tertiary/aromatic N) is 2. The van der Waals surface area contributed by atoms with E-state index in [4.69, 9.17) is 9.72 Å². The SMILES string of the molecule is COc1cccc(CN2CCC[C@@H](c3nc4ccccc4[nH]3)C2)c1O.